The molecule has 0 N–H and O–H groups in total. The normalized spacial score (nSPS) is 13.2. The van der Waals surface area contributed by atoms with Crippen molar-refractivity contribution in [1.29, 1.82) is 5.26 Å². The molecule has 128 valence electrons. The molecule has 25 heavy (non-hydrogen) atoms. The molecule has 0 fully saturated rings. The minimum absolute atomic E-state index is 0.0912. The summed E-state index contributed by atoms with van der Waals surface area (Å²) in [5, 5.41) is 10.3. The predicted molar refractivity (Wildman–Crippen MR) is 96.4 cm³/mol. The Morgan fingerprint density at radius 2 is 1.92 bits per heavy atom. The molecule has 0 spiro atoms. The van der Waals surface area contributed by atoms with Crippen molar-refractivity contribution in [3.63, 3.8) is 0 Å². The second-order valence-corrected chi connectivity index (χ2v) is 7.05. The molecule has 1 aliphatic rings. The Morgan fingerprint density at radius 1 is 1.24 bits per heavy atom. The van der Waals surface area contributed by atoms with E-state index in [1.165, 1.54) is 41.6 Å². The Labute approximate surface area is 151 Å². The first-order valence-corrected chi connectivity index (χ1v) is 9.49. The van der Waals surface area contributed by atoms with Gasteiger partial charge >= 0.3 is 0 Å². The molecule has 3 rings (SSSR count). The van der Waals surface area contributed by atoms with Gasteiger partial charge in [-0.05, 0) is 67.5 Å². The van der Waals surface area contributed by atoms with Crippen molar-refractivity contribution >= 4 is 17.5 Å². The number of nitrogens with zero attached hydrogens (tertiary/aromatic N) is 2. The largest absolute Gasteiger partial charge is 0.293 e. The average molecular weight is 354 g/mol. The average Bonchev–Trinajstić information content (AvgIpc) is 2.65. The second kappa shape index (κ2) is 7.79. The number of benzene rings is 1. The smallest absolute Gasteiger partial charge is 0.173 e. The molecule has 0 saturated carbocycles. The predicted octanol–water partition coefficient (Wildman–Crippen LogP) is 4.51. The van der Waals surface area contributed by atoms with Gasteiger partial charge in [0.15, 0.2) is 5.78 Å². The highest BCUT2D eigenvalue weighted by Crippen LogP contribution is 2.32. The lowest BCUT2D eigenvalue weighted by Crippen LogP contribution is -2.13. The highest BCUT2D eigenvalue weighted by Gasteiger charge is 2.22. The van der Waals surface area contributed by atoms with Crippen LogP contribution in [-0.4, -0.2) is 16.5 Å². The summed E-state index contributed by atoms with van der Waals surface area (Å²) in [6.45, 7) is 2.07. The molecule has 2 aromatic rings. The molecule has 5 heteroatoms. The van der Waals surface area contributed by atoms with Crippen LogP contribution in [0.3, 0.4) is 0 Å². The number of nitriles is 1. The lowest BCUT2D eigenvalue weighted by molar-refractivity contribution is 0.102. The van der Waals surface area contributed by atoms with Crippen molar-refractivity contribution < 1.29 is 9.18 Å². The van der Waals surface area contributed by atoms with E-state index in [1.54, 1.807) is 0 Å². The fourth-order valence-electron chi connectivity index (χ4n) is 3.24. The van der Waals surface area contributed by atoms with E-state index in [9.17, 15) is 14.4 Å². The van der Waals surface area contributed by atoms with Crippen molar-refractivity contribution in [2.24, 2.45) is 0 Å². The molecule has 0 aliphatic heterocycles. The first-order chi connectivity index (χ1) is 12.1. The minimum atomic E-state index is -0.361. The maximum Gasteiger partial charge on any atom is 0.173 e. The summed E-state index contributed by atoms with van der Waals surface area (Å²) in [6.07, 6.45) is 4.95. The maximum atomic E-state index is 13.0. The van der Waals surface area contributed by atoms with Crippen molar-refractivity contribution in [2.75, 3.05) is 5.75 Å². The van der Waals surface area contributed by atoms with E-state index < -0.39 is 0 Å². The molecular weight excluding hydrogens is 335 g/mol. The number of Topliss-reactive ketones (excluding diaryl/α,β-unsaturated/α-hetero) is 1. The van der Waals surface area contributed by atoms with Crippen LogP contribution in [0.25, 0.3) is 0 Å². The first-order valence-electron chi connectivity index (χ1n) is 8.50. The zero-order chi connectivity index (χ0) is 17.8. The maximum absolute atomic E-state index is 13.0. The van der Waals surface area contributed by atoms with E-state index in [0.717, 1.165) is 43.4 Å². The monoisotopic (exact) mass is 354 g/mol. The Kier molecular flexibility index (Phi) is 5.50. The molecule has 0 radical (unpaired) electrons. The number of aromatic nitrogens is 1. The van der Waals surface area contributed by atoms with Gasteiger partial charge in [0.1, 0.15) is 16.9 Å². The molecule has 0 unspecified atom stereocenters. The number of carbonyl (C=O) groups excluding carboxylic acids is 1. The van der Waals surface area contributed by atoms with Gasteiger partial charge in [-0.15, -0.1) is 0 Å². The van der Waals surface area contributed by atoms with Gasteiger partial charge < -0.3 is 0 Å². The van der Waals surface area contributed by atoms with Gasteiger partial charge in [-0.2, -0.15) is 5.26 Å². The number of pyridine rings is 1. The lowest BCUT2D eigenvalue weighted by atomic mass is 9.87. The number of hydrogen-bond donors (Lipinski definition) is 0. The SMILES string of the molecule is CCc1nc(SCC(=O)c2ccc(F)cc2)c(C#N)c2c1CCCC2. The number of thioether (sulfide) groups is 1. The van der Waals surface area contributed by atoms with Gasteiger partial charge in [0.25, 0.3) is 0 Å². The van der Waals surface area contributed by atoms with E-state index in [0.29, 0.717) is 16.2 Å². The van der Waals surface area contributed by atoms with Crippen LogP contribution in [0.15, 0.2) is 29.3 Å². The number of carbonyl (C=O) groups is 1. The van der Waals surface area contributed by atoms with Crippen molar-refractivity contribution in [3.05, 3.63) is 58.0 Å². The van der Waals surface area contributed by atoms with Crippen LogP contribution in [0.5, 0.6) is 0 Å². The molecule has 3 nitrogen and oxygen atoms in total. The van der Waals surface area contributed by atoms with Gasteiger partial charge in [-0.25, -0.2) is 9.37 Å². The summed E-state index contributed by atoms with van der Waals surface area (Å²) < 4.78 is 13.0. The molecular formula is C20H19FN2OS. The van der Waals surface area contributed by atoms with Crippen molar-refractivity contribution in [1.82, 2.24) is 4.98 Å². The second-order valence-electron chi connectivity index (χ2n) is 6.09. The zero-order valence-electron chi connectivity index (χ0n) is 14.1. The molecule has 0 saturated heterocycles. The van der Waals surface area contributed by atoms with Crippen molar-refractivity contribution in [3.8, 4) is 6.07 Å². The molecule has 1 heterocycles. The Balaban J connectivity index is 1.86. The topological polar surface area (TPSA) is 53.8 Å². The number of rotatable bonds is 5. The van der Waals surface area contributed by atoms with Crippen LogP contribution in [0.1, 0.15) is 52.5 Å². The lowest BCUT2D eigenvalue weighted by Gasteiger charge is -2.21. The fraction of sp³-hybridized carbons (Fsp3) is 0.350. The van der Waals surface area contributed by atoms with Crippen LogP contribution in [-0.2, 0) is 19.3 Å². The Morgan fingerprint density at radius 3 is 2.56 bits per heavy atom. The number of fused-ring (bicyclic) bond motifs is 1. The fourth-order valence-corrected chi connectivity index (χ4v) is 4.16. The minimum Gasteiger partial charge on any atom is -0.293 e. The van der Waals surface area contributed by atoms with Gasteiger partial charge in [0.05, 0.1) is 11.3 Å². The number of hydrogen-bond acceptors (Lipinski definition) is 4. The zero-order valence-corrected chi connectivity index (χ0v) is 15.0. The summed E-state index contributed by atoms with van der Waals surface area (Å²) in [5.41, 5.74) is 4.51. The van der Waals surface area contributed by atoms with Gasteiger partial charge in [-0.1, -0.05) is 18.7 Å². The number of halogens is 1. The van der Waals surface area contributed by atoms with Crippen LogP contribution < -0.4 is 0 Å². The molecule has 0 atom stereocenters. The molecule has 1 aliphatic carbocycles. The number of aryl methyl sites for hydroxylation is 1. The van der Waals surface area contributed by atoms with Crippen LogP contribution in [0.4, 0.5) is 4.39 Å². The third-order valence-electron chi connectivity index (χ3n) is 4.52. The van der Waals surface area contributed by atoms with Crippen molar-refractivity contribution in [2.45, 2.75) is 44.1 Å². The third-order valence-corrected chi connectivity index (χ3v) is 5.50. The molecule has 0 amide bonds. The van der Waals surface area contributed by atoms with Crippen LogP contribution in [0, 0.1) is 17.1 Å². The standard InChI is InChI=1S/C20H19FN2OS/c1-2-18-16-6-4-3-5-15(16)17(11-22)20(23-18)25-12-19(24)13-7-9-14(21)10-8-13/h7-10H,2-6,12H2,1H3. The van der Waals surface area contributed by atoms with Gasteiger partial charge in [0, 0.05) is 11.3 Å². The van der Waals surface area contributed by atoms with E-state index in [-0.39, 0.29) is 17.4 Å². The van der Waals surface area contributed by atoms with E-state index in [2.05, 4.69) is 18.0 Å². The summed E-state index contributed by atoms with van der Waals surface area (Å²) in [5.74, 6) is -0.263. The molecule has 1 aromatic carbocycles. The highest BCUT2D eigenvalue weighted by molar-refractivity contribution is 8.00. The van der Waals surface area contributed by atoms with E-state index in [1.807, 2.05) is 0 Å². The Hall–Kier alpha value is -2.19. The summed E-state index contributed by atoms with van der Waals surface area (Å²) in [7, 11) is 0. The highest BCUT2D eigenvalue weighted by atomic mass is 32.2. The van der Waals surface area contributed by atoms with Gasteiger partial charge in [-0.3, -0.25) is 4.79 Å². The van der Waals surface area contributed by atoms with Gasteiger partial charge in [0.2, 0.25) is 0 Å². The van der Waals surface area contributed by atoms with E-state index >= 15 is 0 Å². The first kappa shape index (κ1) is 17.6. The summed E-state index contributed by atoms with van der Waals surface area (Å²) >= 11 is 1.30. The molecule has 0 bridgehead atoms. The van der Waals surface area contributed by atoms with Crippen LogP contribution >= 0.6 is 11.8 Å². The Bertz CT molecular complexity index is 840. The summed E-state index contributed by atoms with van der Waals surface area (Å²) in [4.78, 5) is 17.0. The summed E-state index contributed by atoms with van der Waals surface area (Å²) in [6, 6.07) is 7.84. The van der Waals surface area contributed by atoms with E-state index in [4.69, 9.17) is 0 Å². The quantitative estimate of drug-likeness (QED) is 0.586. The molecule has 1 aromatic heterocycles. The number of ketones is 1. The third kappa shape index (κ3) is 3.74. The van der Waals surface area contributed by atoms with Crippen LogP contribution in [0.2, 0.25) is 0 Å².